The molecule has 0 atom stereocenters. The molecule has 5 rings (SSSR count). The highest BCUT2D eigenvalue weighted by Gasteiger charge is 2.54. The molecule has 1 heterocycles. The van der Waals surface area contributed by atoms with E-state index in [0.29, 0.717) is 23.4 Å². The molecular weight excluding hydrogens is 322 g/mol. The van der Waals surface area contributed by atoms with E-state index in [4.69, 9.17) is 4.42 Å². The lowest BCUT2D eigenvalue weighted by Gasteiger charge is -2.55. The summed E-state index contributed by atoms with van der Waals surface area (Å²) in [7, 11) is 0. The molecule has 1 aromatic heterocycles. The monoisotopic (exact) mass is 349 g/mol. The summed E-state index contributed by atoms with van der Waals surface area (Å²) in [5.41, 5.74) is 0.139. The topological polar surface area (TPSA) is 68.0 Å². The Morgan fingerprint density at radius 2 is 1.83 bits per heavy atom. The van der Waals surface area contributed by atoms with Gasteiger partial charge in [-0.2, -0.15) is 0 Å². The van der Waals surface area contributed by atoms with Crippen molar-refractivity contribution in [1.82, 2.24) is 15.5 Å². The van der Waals surface area contributed by atoms with Crippen LogP contribution < -0.4 is 5.32 Å². The first-order valence-corrected chi connectivity index (χ1v) is 10.2. The molecule has 4 aliphatic rings. The van der Waals surface area contributed by atoms with E-state index >= 15 is 0 Å². The summed E-state index contributed by atoms with van der Waals surface area (Å²) in [6.07, 6.45) is 7.89. The normalized spacial score (nSPS) is 34.0. The number of carbonyl (C=O) groups is 1. The Morgan fingerprint density at radius 3 is 2.42 bits per heavy atom. The molecule has 4 bridgehead atoms. The molecule has 1 N–H and O–H groups in total. The molecule has 0 unspecified atom stereocenters. The average Bonchev–Trinajstić information content (AvgIpc) is 2.99. The van der Waals surface area contributed by atoms with Crippen molar-refractivity contribution in [2.45, 2.75) is 63.0 Å². The lowest BCUT2D eigenvalue weighted by Crippen LogP contribution is -2.48. The first-order chi connectivity index (χ1) is 11.5. The van der Waals surface area contributed by atoms with Crippen LogP contribution in [0.4, 0.5) is 0 Å². The van der Waals surface area contributed by atoms with Crippen LogP contribution in [0.15, 0.2) is 9.64 Å². The number of nitrogens with zero attached hydrogens (tertiary/aromatic N) is 2. The fourth-order valence-corrected chi connectivity index (χ4v) is 5.94. The van der Waals surface area contributed by atoms with Crippen molar-refractivity contribution in [1.29, 1.82) is 0 Å². The Labute approximate surface area is 147 Å². The standard InChI is InChI=1S/C18H27N3O2S/c1-11(2)9-19-15(22)10-24-17-21-20-16(23-17)18-6-12-3-13(7-18)5-14(4-12)8-18/h11-14H,3-10H2,1-2H3,(H,19,22). The van der Waals surface area contributed by atoms with Gasteiger partial charge in [0.2, 0.25) is 11.8 Å². The highest BCUT2D eigenvalue weighted by Crippen LogP contribution is 2.60. The van der Waals surface area contributed by atoms with Crippen molar-refractivity contribution in [3.8, 4) is 0 Å². The van der Waals surface area contributed by atoms with Crippen LogP contribution in [0.3, 0.4) is 0 Å². The highest BCUT2D eigenvalue weighted by molar-refractivity contribution is 7.99. The Balaban J connectivity index is 1.38. The number of rotatable bonds is 6. The third-order valence-electron chi connectivity index (χ3n) is 5.93. The molecule has 0 radical (unpaired) electrons. The van der Waals surface area contributed by atoms with Crippen LogP contribution in [0.1, 0.15) is 58.3 Å². The van der Waals surface area contributed by atoms with Gasteiger partial charge in [0.05, 0.1) is 5.75 Å². The molecule has 5 nitrogen and oxygen atoms in total. The van der Waals surface area contributed by atoms with Crippen LogP contribution in [-0.2, 0) is 10.2 Å². The van der Waals surface area contributed by atoms with Crippen LogP contribution in [0, 0.1) is 23.7 Å². The van der Waals surface area contributed by atoms with E-state index in [1.54, 1.807) is 0 Å². The van der Waals surface area contributed by atoms with Gasteiger partial charge in [-0.25, -0.2) is 0 Å². The van der Waals surface area contributed by atoms with Crippen LogP contribution >= 0.6 is 11.8 Å². The minimum atomic E-state index is 0.0308. The zero-order valence-electron chi connectivity index (χ0n) is 14.6. The fourth-order valence-electron chi connectivity index (χ4n) is 5.35. The van der Waals surface area contributed by atoms with Crippen LogP contribution in [0.5, 0.6) is 0 Å². The number of hydrogen-bond donors (Lipinski definition) is 1. The van der Waals surface area contributed by atoms with Crippen molar-refractivity contribution in [2.24, 2.45) is 23.7 Å². The molecule has 132 valence electrons. The van der Waals surface area contributed by atoms with Gasteiger partial charge in [-0.05, 0) is 62.2 Å². The summed E-state index contributed by atoms with van der Waals surface area (Å²) in [5, 5.41) is 12.1. The van der Waals surface area contributed by atoms with Crippen molar-refractivity contribution in [2.75, 3.05) is 12.3 Å². The van der Waals surface area contributed by atoms with Gasteiger partial charge < -0.3 is 9.73 Å². The molecule has 0 aliphatic heterocycles. The van der Waals surface area contributed by atoms with Crippen molar-refractivity contribution in [3.05, 3.63) is 5.89 Å². The van der Waals surface area contributed by atoms with E-state index in [0.717, 1.165) is 23.6 Å². The summed E-state index contributed by atoms with van der Waals surface area (Å²) in [6, 6.07) is 0. The molecule has 1 amide bonds. The highest BCUT2D eigenvalue weighted by atomic mass is 32.2. The quantitative estimate of drug-likeness (QED) is 0.797. The van der Waals surface area contributed by atoms with Gasteiger partial charge in [0.15, 0.2) is 0 Å². The minimum Gasteiger partial charge on any atom is -0.415 e. The first kappa shape index (κ1) is 16.4. The summed E-state index contributed by atoms with van der Waals surface area (Å²) >= 11 is 1.35. The third-order valence-corrected chi connectivity index (χ3v) is 6.75. The molecular formula is C18H27N3O2S. The van der Waals surface area contributed by atoms with Crippen molar-refractivity contribution < 1.29 is 9.21 Å². The zero-order valence-corrected chi connectivity index (χ0v) is 15.4. The fraction of sp³-hybridized carbons (Fsp3) is 0.833. The van der Waals surface area contributed by atoms with Gasteiger partial charge in [-0.3, -0.25) is 4.79 Å². The second-order valence-electron chi connectivity index (χ2n) is 8.56. The van der Waals surface area contributed by atoms with Crippen molar-refractivity contribution in [3.63, 3.8) is 0 Å². The summed E-state index contributed by atoms with van der Waals surface area (Å²) < 4.78 is 6.01. The molecule has 4 saturated carbocycles. The van der Waals surface area contributed by atoms with Gasteiger partial charge in [-0.15, -0.1) is 10.2 Å². The maximum absolute atomic E-state index is 11.8. The van der Waals surface area contributed by atoms with Gasteiger partial charge in [0.25, 0.3) is 5.22 Å². The lowest BCUT2D eigenvalue weighted by molar-refractivity contribution is -0.118. The zero-order chi connectivity index (χ0) is 16.7. The van der Waals surface area contributed by atoms with Crippen LogP contribution in [0.2, 0.25) is 0 Å². The minimum absolute atomic E-state index is 0.0308. The third kappa shape index (κ3) is 3.22. The molecule has 4 aliphatic carbocycles. The van der Waals surface area contributed by atoms with E-state index in [1.165, 1.54) is 50.3 Å². The first-order valence-electron chi connectivity index (χ1n) is 9.26. The number of carbonyl (C=O) groups excluding carboxylic acids is 1. The largest absolute Gasteiger partial charge is 0.415 e. The predicted octanol–water partition coefficient (Wildman–Crippen LogP) is 3.40. The molecule has 1 aromatic rings. The van der Waals surface area contributed by atoms with E-state index in [2.05, 4.69) is 29.4 Å². The number of amides is 1. The molecule has 0 aromatic carbocycles. The Kier molecular flexibility index (Phi) is 4.35. The van der Waals surface area contributed by atoms with Crippen LogP contribution in [0.25, 0.3) is 0 Å². The van der Waals surface area contributed by atoms with Gasteiger partial charge >= 0.3 is 0 Å². The average molecular weight is 350 g/mol. The summed E-state index contributed by atoms with van der Waals surface area (Å²) in [5.74, 6) is 4.26. The molecule has 0 spiro atoms. The molecule has 24 heavy (non-hydrogen) atoms. The Morgan fingerprint density at radius 1 is 1.21 bits per heavy atom. The van der Waals surface area contributed by atoms with E-state index < -0.39 is 0 Å². The van der Waals surface area contributed by atoms with Gasteiger partial charge in [0.1, 0.15) is 0 Å². The second kappa shape index (κ2) is 6.36. The number of hydrogen-bond acceptors (Lipinski definition) is 5. The number of nitrogens with one attached hydrogen (secondary N) is 1. The molecule has 4 fully saturated rings. The van der Waals surface area contributed by atoms with Crippen molar-refractivity contribution >= 4 is 17.7 Å². The Hall–Kier alpha value is -1.04. The van der Waals surface area contributed by atoms with E-state index in [1.807, 2.05) is 0 Å². The molecule has 0 saturated heterocycles. The van der Waals surface area contributed by atoms with E-state index in [9.17, 15) is 4.79 Å². The maximum Gasteiger partial charge on any atom is 0.277 e. The summed E-state index contributed by atoms with van der Waals surface area (Å²) in [6.45, 7) is 4.88. The predicted molar refractivity (Wildman–Crippen MR) is 92.7 cm³/mol. The van der Waals surface area contributed by atoms with Gasteiger partial charge in [-0.1, -0.05) is 25.6 Å². The Bertz CT molecular complexity index is 578. The van der Waals surface area contributed by atoms with Crippen LogP contribution in [-0.4, -0.2) is 28.4 Å². The number of aromatic nitrogens is 2. The summed E-state index contributed by atoms with van der Waals surface area (Å²) in [4.78, 5) is 11.8. The number of thioether (sulfide) groups is 1. The van der Waals surface area contributed by atoms with Gasteiger partial charge in [0, 0.05) is 12.0 Å². The smallest absolute Gasteiger partial charge is 0.277 e. The second-order valence-corrected chi connectivity index (χ2v) is 9.48. The maximum atomic E-state index is 11.8. The molecule has 6 heteroatoms. The van der Waals surface area contributed by atoms with E-state index in [-0.39, 0.29) is 11.3 Å². The lowest BCUT2D eigenvalue weighted by atomic mass is 9.49. The SMILES string of the molecule is CC(C)CNC(=O)CSc1nnc(C23CC4CC(CC(C4)C2)C3)o1.